The highest BCUT2D eigenvalue weighted by Gasteiger charge is 2.16. The monoisotopic (exact) mass is 625 g/mol. The minimum absolute atomic E-state index is 0.615. The molecule has 4 nitrogen and oxygen atoms in total. The Kier molecular flexibility index (Phi) is 6.15. The van der Waals surface area contributed by atoms with E-state index in [4.69, 9.17) is 19.4 Å². The summed E-state index contributed by atoms with van der Waals surface area (Å²) in [5.74, 6) is 1.87. The van der Waals surface area contributed by atoms with Gasteiger partial charge in [-0.05, 0) is 73.8 Å². The van der Waals surface area contributed by atoms with Gasteiger partial charge in [0.05, 0.1) is 0 Å². The van der Waals surface area contributed by atoms with Crippen LogP contribution in [0.3, 0.4) is 0 Å². The largest absolute Gasteiger partial charge is 0.456 e. The molecule has 0 fully saturated rings. The van der Waals surface area contributed by atoms with Gasteiger partial charge in [-0.3, -0.25) is 0 Å². The Morgan fingerprint density at radius 1 is 0.286 bits per heavy atom. The maximum Gasteiger partial charge on any atom is 0.164 e. The fourth-order valence-electron chi connectivity index (χ4n) is 7.04. The topological polar surface area (TPSA) is 51.8 Å². The van der Waals surface area contributed by atoms with Gasteiger partial charge in [0.2, 0.25) is 0 Å². The van der Waals surface area contributed by atoms with E-state index in [-0.39, 0.29) is 0 Å². The van der Waals surface area contributed by atoms with Crippen LogP contribution in [0.25, 0.3) is 99.5 Å². The molecule has 0 N–H and O–H groups in total. The zero-order valence-electron chi connectivity index (χ0n) is 26.3. The Bertz CT molecular complexity index is 2870. The van der Waals surface area contributed by atoms with Crippen molar-refractivity contribution in [2.45, 2.75) is 0 Å². The van der Waals surface area contributed by atoms with E-state index >= 15 is 0 Å². The molecule has 2 heterocycles. The van der Waals surface area contributed by atoms with E-state index < -0.39 is 0 Å². The van der Waals surface area contributed by atoms with E-state index in [9.17, 15) is 0 Å². The first-order valence-electron chi connectivity index (χ1n) is 16.4. The fourth-order valence-corrected chi connectivity index (χ4v) is 7.04. The van der Waals surface area contributed by atoms with Crippen LogP contribution in [0.4, 0.5) is 0 Å². The predicted molar refractivity (Wildman–Crippen MR) is 201 cm³/mol. The van der Waals surface area contributed by atoms with Crippen molar-refractivity contribution in [1.82, 2.24) is 15.0 Å². The summed E-state index contributed by atoms with van der Waals surface area (Å²) in [5.41, 5.74) is 6.79. The summed E-state index contributed by atoms with van der Waals surface area (Å²) in [7, 11) is 0. The molecular weight excluding hydrogens is 599 g/mol. The lowest BCUT2D eigenvalue weighted by atomic mass is 9.96. The summed E-state index contributed by atoms with van der Waals surface area (Å²) >= 11 is 0. The van der Waals surface area contributed by atoms with E-state index in [1.54, 1.807) is 0 Å². The minimum Gasteiger partial charge on any atom is -0.456 e. The lowest BCUT2D eigenvalue weighted by Crippen LogP contribution is -2.00. The van der Waals surface area contributed by atoms with Crippen LogP contribution < -0.4 is 0 Å². The van der Waals surface area contributed by atoms with Crippen molar-refractivity contribution in [2.75, 3.05) is 0 Å². The highest BCUT2D eigenvalue weighted by Crippen LogP contribution is 2.35. The Labute approximate surface area is 282 Å². The number of rotatable bonds is 4. The molecule has 0 bridgehead atoms. The summed E-state index contributed by atoms with van der Waals surface area (Å²) < 4.78 is 6.12. The van der Waals surface area contributed by atoms with E-state index in [0.29, 0.717) is 17.5 Å². The zero-order chi connectivity index (χ0) is 32.3. The molecule has 0 aliphatic rings. The molecule has 0 radical (unpaired) electrons. The number of nitrogens with zero attached hydrogens (tertiary/aromatic N) is 3. The molecule has 0 spiro atoms. The van der Waals surface area contributed by atoms with Crippen molar-refractivity contribution in [3.8, 4) is 45.3 Å². The maximum absolute atomic E-state index is 6.12. The van der Waals surface area contributed by atoms with Gasteiger partial charge in [-0.15, -0.1) is 0 Å². The van der Waals surface area contributed by atoms with Gasteiger partial charge in [-0.25, -0.2) is 15.0 Å². The van der Waals surface area contributed by atoms with Gasteiger partial charge in [0.15, 0.2) is 17.5 Å². The summed E-state index contributed by atoms with van der Waals surface area (Å²) in [6.45, 7) is 0. The molecule has 228 valence electrons. The number of para-hydroxylation sites is 1. The third-order valence-corrected chi connectivity index (χ3v) is 9.52. The number of benzene rings is 8. The Morgan fingerprint density at radius 2 is 0.796 bits per heavy atom. The van der Waals surface area contributed by atoms with Crippen molar-refractivity contribution in [1.29, 1.82) is 0 Å². The standard InChI is InChI=1S/C45H27N3O/c1-2-8-28(9-3-1)29-14-16-31(17-15-29)43-46-44(48-45(47-43)34-21-25-42-40(27-34)39-12-6-7-13-41(39)49-42)33-20-22-36-32(26-33)19-24-37-35-11-5-4-10-30(35)18-23-38(36)37/h1-27H. The summed E-state index contributed by atoms with van der Waals surface area (Å²) in [6.07, 6.45) is 0. The molecule has 0 atom stereocenters. The van der Waals surface area contributed by atoms with Crippen molar-refractivity contribution in [3.63, 3.8) is 0 Å². The van der Waals surface area contributed by atoms with E-state index in [1.165, 1.54) is 32.5 Å². The van der Waals surface area contributed by atoms with Gasteiger partial charge in [0, 0.05) is 27.5 Å². The number of aromatic nitrogens is 3. The van der Waals surface area contributed by atoms with Crippen LogP contribution in [0.1, 0.15) is 0 Å². The Morgan fingerprint density at radius 3 is 1.59 bits per heavy atom. The first-order chi connectivity index (χ1) is 24.2. The molecule has 0 saturated heterocycles. The molecule has 8 aromatic carbocycles. The van der Waals surface area contributed by atoms with Crippen molar-refractivity contribution < 1.29 is 4.42 Å². The second-order valence-corrected chi connectivity index (χ2v) is 12.4. The van der Waals surface area contributed by atoms with Gasteiger partial charge in [-0.2, -0.15) is 0 Å². The fraction of sp³-hybridized carbons (Fsp3) is 0. The van der Waals surface area contributed by atoms with E-state index in [1.807, 2.05) is 36.4 Å². The van der Waals surface area contributed by atoms with Crippen LogP contribution in [0.15, 0.2) is 168 Å². The molecule has 4 heteroatoms. The van der Waals surface area contributed by atoms with Crippen LogP contribution in [-0.4, -0.2) is 15.0 Å². The summed E-state index contributed by atoms with van der Waals surface area (Å²) in [6, 6.07) is 57.1. The van der Waals surface area contributed by atoms with Crippen LogP contribution in [0.2, 0.25) is 0 Å². The first kappa shape index (κ1) is 27.5. The van der Waals surface area contributed by atoms with Crippen LogP contribution >= 0.6 is 0 Å². The molecule has 0 aliphatic carbocycles. The summed E-state index contributed by atoms with van der Waals surface area (Å²) in [5, 5.41) is 9.45. The molecular formula is C45H27N3O. The first-order valence-corrected chi connectivity index (χ1v) is 16.4. The highest BCUT2D eigenvalue weighted by molar-refractivity contribution is 6.17. The highest BCUT2D eigenvalue weighted by atomic mass is 16.3. The third kappa shape index (κ3) is 4.65. The predicted octanol–water partition coefficient (Wildman–Crippen LogP) is 11.9. The molecule has 0 amide bonds. The third-order valence-electron chi connectivity index (χ3n) is 9.52. The zero-order valence-corrected chi connectivity index (χ0v) is 26.3. The SMILES string of the molecule is c1ccc(-c2ccc(-c3nc(-c4ccc5c(ccc6c7ccccc7ccc56)c4)nc(-c4ccc5oc6ccccc6c5c4)n3)cc2)cc1. The van der Waals surface area contributed by atoms with Crippen molar-refractivity contribution >= 4 is 54.3 Å². The lowest BCUT2D eigenvalue weighted by Gasteiger charge is -2.11. The second-order valence-electron chi connectivity index (χ2n) is 12.4. The van der Waals surface area contributed by atoms with Crippen molar-refractivity contribution in [3.05, 3.63) is 164 Å². The number of hydrogen-bond acceptors (Lipinski definition) is 4. The van der Waals surface area contributed by atoms with Gasteiger partial charge < -0.3 is 4.42 Å². The molecule has 0 saturated carbocycles. The lowest BCUT2D eigenvalue weighted by molar-refractivity contribution is 0.669. The Hall–Kier alpha value is -6.65. The van der Waals surface area contributed by atoms with Crippen LogP contribution in [0, 0.1) is 0 Å². The molecule has 0 unspecified atom stereocenters. The normalized spacial score (nSPS) is 11.7. The molecule has 10 aromatic rings. The minimum atomic E-state index is 0.615. The van der Waals surface area contributed by atoms with Gasteiger partial charge in [0.1, 0.15) is 11.2 Å². The molecule has 2 aromatic heterocycles. The van der Waals surface area contributed by atoms with Gasteiger partial charge in [0.25, 0.3) is 0 Å². The number of hydrogen-bond donors (Lipinski definition) is 0. The van der Waals surface area contributed by atoms with Gasteiger partial charge >= 0.3 is 0 Å². The average Bonchev–Trinajstić information content (AvgIpc) is 3.56. The average molecular weight is 626 g/mol. The van der Waals surface area contributed by atoms with Gasteiger partial charge in [-0.1, -0.05) is 133 Å². The Balaban J connectivity index is 1.14. The number of furan rings is 1. The van der Waals surface area contributed by atoms with Crippen molar-refractivity contribution in [2.24, 2.45) is 0 Å². The summed E-state index contributed by atoms with van der Waals surface area (Å²) in [4.78, 5) is 15.2. The van der Waals surface area contributed by atoms with E-state index in [2.05, 4.69) is 127 Å². The molecule has 10 rings (SSSR count). The number of fused-ring (bicyclic) bond motifs is 8. The van der Waals surface area contributed by atoms with Crippen LogP contribution in [0.5, 0.6) is 0 Å². The quantitative estimate of drug-likeness (QED) is 0.183. The second kappa shape index (κ2) is 11.0. The van der Waals surface area contributed by atoms with Crippen LogP contribution in [-0.2, 0) is 0 Å². The molecule has 0 aliphatic heterocycles. The molecule has 49 heavy (non-hydrogen) atoms. The smallest absolute Gasteiger partial charge is 0.164 e. The van der Waals surface area contributed by atoms with E-state index in [0.717, 1.165) is 49.6 Å². The maximum atomic E-state index is 6.12.